The fraction of sp³-hybridized carbons (Fsp3) is 0.500. The third kappa shape index (κ3) is 2.48. The van der Waals surface area contributed by atoms with Crippen molar-refractivity contribution < 1.29 is 13.2 Å². The molecule has 0 atom stereocenters. The number of rotatable bonds is 4. The minimum atomic E-state index is -3.46. The Bertz CT molecular complexity index is 873. The highest BCUT2D eigenvalue weighted by molar-refractivity contribution is 7.89. The molecule has 2 fully saturated rings. The Balaban J connectivity index is 1.81. The van der Waals surface area contributed by atoms with Crippen molar-refractivity contribution in [1.82, 2.24) is 9.29 Å². The third-order valence-corrected chi connectivity index (χ3v) is 7.32. The van der Waals surface area contributed by atoms with Gasteiger partial charge in [-0.3, -0.25) is 4.79 Å². The highest BCUT2D eigenvalue weighted by atomic mass is 32.2. The molecule has 2 heterocycles. The molecule has 5 nitrogen and oxygen atoms in total. The average molecular weight is 346 g/mol. The topological polar surface area (TPSA) is 70.2 Å². The first-order valence-corrected chi connectivity index (χ1v) is 10.2. The van der Waals surface area contributed by atoms with Gasteiger partial charge in [0.2, 0.25) is 10.0 Å². The number of aromatic nitrogens is 1. The van der Waals surface area contributed by atoms with Gasteiger partial charge in [0.15, 0.2) is 6.29 Å². The van der Waals surface area contributed by atoms with E-state index in [1.54, 1.807) is 22.5 Å². The fourth-order valence-electron chi connectivity index (χ4n) is 4.11. The Labute approximate surface area is 142 Å². The van der Waals surface area contributed by atoms with Gasteiger partial charge in [0, 0.05) is 35.2 Å². The van der Waals surface area contributed by atoms with Gasteiger partial charge in [-0.25, -0.2) is 8.42 Å². The van der Waals surface area contributed by atoms with Gasteiger partial charge in [0.05, 0.1) is 4.90 Å². The van der Waals surface area contributed by atoms with Crippen LogP contribution in [0.15, 0.2) is 23.1 Å². The molecule has 6 heteroatoms. The second kappa shape index (κ2) is 6.01. The molecule has 2 aliphatic rings. The van der Waals surface area contributed by atoms with Crippen molar-refractivity contribution in [1.29, 1.82) is 0 Å². The van der Waals surface area contributed by atoms with Gasteiger partial charge >= 0.3 is 0 Å². The third-order valence-electron chi connectivity index (χ3n) is 5.42. The number of H-pyrrole nitrogens is 1. The molecule has 0 unspecified atom stereocenters. The van der Waals surface area contributed by atoms with E-state index in [1.165, 1.54) is 12.8 Å². The number of hydrogen-bond donors (Lipinski definition) is 1. The predicted octanol–water partition coefficient (Wildman–Crippen LogP) is 3.42. The standard InChI is InChI=1S/C18H22N2O3S/c21-12-16-15-11-14(24(22,23)20-9-3-4-10-20)7-8-17(15)19-18(16)13-5-1-2-6-13/h7-8,11-13,19H,1-6,9-10H2. The van der Waals surface area contributed by atoms with E-state index in [0.29, 0.717) is 24.6 Å². The molecule has 1 aromatic carbocycles. The minimum Gasteiger partial charge on any atom is -0.358 e. The number of nitrogens with one attached hydrogen (secondary N) is 1. The molecule has 1 N–H and O–H groups in total. The number of aromatic amines is 1. The molecule has 1 saturated heterocycles. The smallest absolute Gasteiger partial charge is 0.243 e. The van der Waals surface area contributed by atoms with E-state index < -0.39 is 10.0 Å². The molecule has 128 valence electrons. The van der Waals surface area contributed by atoms with Crippen LogP contribution < -0.4 is 0 Å². The number of carbonyl (C=O) groups is 1. The molecule has 1 saturated carbocycles. The Morgan fingerprint density at radius 3 is 2.46 bits per heavy atom. The summed E-state index contributed by atoms with van der Waals surface area (Å²) < 4.78 is 27.1. The van der Waals surface area contributed by atoms with Crippen LogP contribution in [0.4, 0.5) is 0 Å². The van der Waals surface area contributed by atoms with E-state index in [-0.39, 0.29) is 4.90 Å². The molecule has 1 aliphatic heterocycles. The van der Waals surface area contributed by atoms with Crippen molar-refractivity contribution in [3.63, 3.8) is 0 Å². The van der Waals surface area contributed by atoms with Crippen LogP contribution in [0, 0.1) is 0 Å². The lowest BCUT2D eigenvalue weighted by molar-refractivity contribution is 0.112. The van der Waals surface area contributed by atoms with Crippen molar-refractivity contribution >= 4 is 27.2 Å². The van der Waals surface area contributed by atoms with Gasteiger partial charge in [0.1, 0.15) is 0 Å². The number of sulfonamides is 1. The van der Waals surface area contributed by atoms with Gasteiger partial charge in [-0.05, 0) is 49.8 Å². The molecule has 1 aromatic heterocycles. The normalized spacial score (nSPS) is 20.2. The van der Waals surface area contributed by atoms with E-state index in [4.69, 9.17) is 0 Å². The predicted molar refractivity (Wildman–Crippen MR) is 92.9 cm³/mol. The van der Waals surface area contributed by atoms with Gasteiger partial charge in [-0.15, -0.1) is 0 Å². The zero-order valence-corrected chi connectivity index (χ0v) is 14.4. The molecular formula is C18H22N2O3S. The van der Waals surface area contributed by atoms with E-state index >= 15 is 0 Å². The zero-order chi connectivity index (χ0) is 16.7. The quantitative estimate of drug-likeness (QED) is 0.862. The lowest BCUT2D eigenvalue weighted by Crippen LogP contribution is -2.27. The summed E-state index contributed by atoms with van der Waals surface area (Å²) in [5.74, 6) is 0.385. The summed E-state index contributed by atoms with van der Waals surface area (Å²) in [6, 6.07) is 5.12. The highest BCUT2D eigenvalue weighted by Gasteiger charge is 2.28. The monoisotopic (exact) mass is 346 g/mol. The van der Waals surface area contributed by atoms with Crippen LogP contribution in [-0.2, 0) is 10.0 Å². The second-order valence-electron chi connectivity index (χ2n) is 6.87. The molecule has 24 heavy (non-hydrogen) atoms. The number of nitrogens with zero attached hydrogens (tertiary/aromatic N) is 1. The van der Waals surface area contributed by atoms with E-state index in [9.17, 15) is 13.2 Å². The van der Waals surface area contributed by atoms with Crippen LogP contribution >= 0.6 is 0 Å². The molecule has 0 amide bonds. The van der Waals surface area contributed by atoms with Crippen molar-refractivity contribution in [2.24, 2.45) is 0 Å². The number of benzene rings is 1. The number of aldehydes is 1. The Hall–Kier alpha value is -1.66. The van der Waals surface area contributed by atoms with E-state index in [0.717, 1.165) is 48.6 Å². The molecular weight excluding hydrogens is 324 g/mol. The van der Waals surface area contributed by atoms with Crippen LogP contribution in [0.2, 0.25) is 0 Å². The number of carbonyl (C=O) groups excluding carboxylic acids is 1. The van der Waals surface area contributed by atoms with Crippen LogP contribution in [0.25, 0.3) is 10.9 Å². The Morgan fingerprint density at radius 1 is 1.08 bits per heavy atom. The molecule has 0 spiro atoms. The Morgan fingerprint density at radius 2 is 1.79 bits per heavy atom. The van der Waals surface area contributed by atoms with Gasteiger partial charge in [-0.2, -0.15) is 4.31 Å². The van der Waals surface area contributed by atoms with E-state index in [2.05, 4.69) is 4.98 Å². The lowest BCUT2D eigenvalue weighted by Gasteiger charge is -2.15. The minimum absolute atomic E-state index is 0.289. The molecule has 4 rings (SSSR count). The summed E-state index contributed by atoms with van der Waals surface area (Å²) in [4.78, 5) is 15.4. The first-order chi connectivity index (χ1) is 11.6. The second-order valence-corrected chi connectivity index (χ2v) is 8.81. The molecule has 1 aliphatic carbocycles. The molecule has 2 aromatic rings. The maximum absolute atomic E-state index is 12.8. The molecule has 0 radical (unpaired) electrons. The largest absolute Gasteiger partial charge is 0.358 e. The zero-order valence-electron chi connectivity index (χ0n) is 13.6. The number of fused-ring (bicyclic) bond motifs is 1. The lowest BCUT2D eigenvalue weighted by atomic mass is 9.99. The van der Waals surface area contributed by atoms with Crippen LogP contribution in [0.5, 0.6) is 0 Å². The molecule has 0 bridgehead atoms. The summed E-state index contributed by atoms with van der Waals surface area (Å²) in [6.07, 6.45) is 7.26. The van der Waals surface area contributed by atoms with Crippen LogP contribution in [-0.4, -0.2) is 37.1 Å². The van der Waals surface area contributed by atoms with Crippen molar-refractivity contribution in [2.75, 3.05) is 13.1 Å². The first-order valence-electron chi connectivity index (χ1n) is 8.72. The van der Waals surface area contributed by atoms with Crippen molar-refractivity contribution in [3.05, 3.63) is 29.5 Å². The van der Waals surface area contributed by atoms with Gasteiger partial charge in [-0.1, -0.05) is 12.8 Å². The first kappa shape index (κ1) is 15.8. The summed E-state index contributed by atoms with van der Waals surface area (Å²) in [6.45, 7) is 1.17. The van der Waals surface area contributed by atoms with Crippen LogP contribution in [0.3, 0.4) is 0 Å². The maximum Gasteiger partial charge on any atom is 0.243 e. The fourth-order valence-corrected chi connectivity index (χ4v) is 5.66. The van der Waals surface area contributed by atoms with Crippen molar-refractivity contribution in [3.8, 4) is 0 Å². The maximum atomic E-state index is 12.8. The highest BCUT2D eigenvalue weighted by Crippen LogP contribution is 2.38. The summed E-state index contributed by atoms with van der Waals surface area (Å²) in [5, 5.41) is 0.729. The van der Waals surface area contributed by atoms with Crippen LogP contribution in [0.1, 0.15) is 60.5 Å². The van der Waals surface area contributed by atoms with E-state index in [1.807, 2.05) is 0 Å². The van der Waals surface area contributed by atoms with Gasteiger partial charge in [0.25, 0.3) is 0 Å². The summed E-state index contributed by atoms with van der Waals surface area (Å²) in [7, 11) is -3.46. The summed E-state index contributed by atoms with van der Waals surface area (Å²) >= 11 is 0. The average Bonchev–Trinajstić information content (AvgIpc) is 3.32. The SMILES string of the molecule is O=Cc1c(C2CCCC2)[nH]c2ccc(S(=O)(=O)N3CCCC3)cc12. The van der Waals surface area contributed by atoms with Crippen molar-refractivity contribution in [2.45, 2.75) is 49.3 Å². The summed E-state index contributed by atoms with van der Waals surface area (Å²) in [5.41, 5.74) is 2.46. The van der Waals surface area contributed by atoms with Gasteiger partial charge < -0.3 is 4.98 Å². The number of hydrogen-bond acceptors (Lipinski definition) is 3. The Kier molecular flexibility index (Phi) is 3.96.